The number of carbonyl (C=O) groups is 4. The number of hydrogen-bond donors (Lipinski definition) is 0. The molecular formula is C112H220O8Sn. The number of carbonyl (C=O) groups excluding carboxylic acids is 4. The summed E-state index contributed by atoms with van der Waals surface area (Å²) in [6.07, 6.45) is 78.4. The Labute approximate surface area is 765 Å². The van der Waals surface area contributed by atoms with Crippen LogP contribution in [0.5, 0.6) is 0 Å². The predicted octanol–water partition coefficient (Wildman–Crippen LogP) is 39.1. The van der Waals surface area contributed by atoms with Gasteiger partial charge in [-0.05, 0) is 0 Å². The Bertz CT molecular complexity index is 2010. The molecule has 720 valence electrons. The van der Waals surface area contributed by atoms with E-state index in [9.17, 15) is 0 Å². The summed E-state index contributed by atoms with van der Waals surface area (Å²) in [5.74, 6) is -1.48. The fourth-order valence-corrected chi connectivity index (χ4v) is 28.8. The number of hydrogen-bond acceptors (Lipinski definition) is 8. The van der Waals surface area contributed by atoms with Crippen LogP contribution in [0.25, 0.3) is 0 Å². The minimum atomic E-state index is -7.41. The van der Waals surface area contributed by atoms with Crippen molar-refractivity contribution >= 4 is 43.9 Å². The zero-order valence-electron chi connectivity index (χ0n) is 86.3. The summed E-state index contributed by atoms with van der Waals surface area (Å²) in [6.45, 7) is 46.3. The van der Waals surface area contributed by atoms with Crippen molar-refractivity contribution in [3.05, 3.63) is 0 Å². The van der Waals surface area contributed by atoms with Crippen LogP contribution in [0.1, 0.15) is 652 Å². The van der Waals surface area contributed by atoms with Crippen molar-refractivity contribution < 1.29 is 31.5 Å². The third kappa shape index (κ3) is 40.9. The van der Waals surface area contributed by atoms with E-state index in [0.717, 1.165) is 334 Å². The standard InChI is InChI=1S/4C28H56O2.Sn/c4*1-6-11-16-17-18-19-20-23-27(21-12-7-2,22-13-8-3)28(26(29)30,24-14-9-4)25-15-10-5;/h4*6-25H2,1-5H3,(H,29,30);/q;;;;+4/p-4. The Kier molecular flexibility index (Phi) is 73.5. The van der Waals surface area contributed by atoms with E-state index in [1.807, 2.05) is 0 Å². The van der Waals surface area contributed by atoms with Crippen LogP contribution >= 0.6 is 0 Å². The molecule has 0 N–H and O–H groups in total. The Morgan fingerprint density at radius 3 is 0.364 bits per heavy atom. The summed E-state index contributed by atoms with van der Waals surface area (Å²) >= 11 is -7.41. The maximum absolute atomic E-state index is 18.9. The second-order valence-electron chi connectivity index (χ2n) is 40.6. The van der Waals surface area contributed by atoms with Crippen molar-refractivity contribution in [1.82, 2.24) is 0 Å². The molecule has 0 unspecified atom stereocenters. The SMILES string of the molecule is CCCCCCCCCC(CCCC)(CCCC)C(CCCC)(CCCC)C(=O)[O][Sn]([O]C(=O)C(CCCC)(CCCC)C(CCCC)(CCCC)CCCCCCCCC)([O]C(=O)C(CCCC)(CCCC)C(CCCC)(CCCC)CCCCCCCCC)[O]C(=O)C(CCCC)(CCCC)C(CCCC)(CCCC)CCCCCCCCC. The van der Waals surface area contributed by atoms with E-state index < -0.39 is 63.4 Å². The summed E-state index contributed by atoms with van der Waals surface area (Å²) in [4.78, 5) is 75.6. The van der Waals surface area contributed by atoms with Gasteiger partial charge >= 0.3 is 743 Å². The van der Waals surface area contributed by atoms with Gasteiger partial charge in [-0.15, -0.1) is 0 Å². The molecule has 0 aromatic heterocycles. The van der Waals surface area contributed by atoms with Gasteiger partial charge in [0.05, 0.1) is 0 Å². The molecular weight excluding hydrogens is 1590 g/mol. The van der Waals surface area contributed by atoms with Crippen LogP contribution in [0.4, 0.5) is 0 Å². The molecule has 0 aromatic carbocycles. The van der Waals surface area contributed by atoms with E-state index in [2.05, 4.69) is 138 Å². The Morgan fingerprint density at radius 1 is 0.140 bits per heavy atom. The molecule has 0 saturated carbocycles. The van der Waals surface area contributed by atoms with E-state index >= 15 is 19.2 Å². The summed E-state index contributed by atoms with van der Waals surface area (Å²) in [7, 11) is 0. The third-order valence-corrected chi connectivity index (χ3v) is 36.2. The minimum Gasteiger partial charge on any atom is -0.0654 e. The Hall–Kier alpha value is -1.32. The van der Waals surface area contributed by atoms with Crippen molar-refractivity contribution in [1.29, 1.82) is 0 Å². The monoisotopic (exact) mass is 1810 g/mol. The molecule has 0 amide bonds. The van der Waals surface area contributed by atoms with Gasteiger partial charge in [0, 0.05) is 0 Å². The van der Waals surface area contributed by atoms with Gasteiger partial charge in [-0.2, -0.15) is 0 Å². The molecule has 0 aliphatic heterocycles. The van der Waals surface area contributed by atoms with Gasteiger partial charge in [0.2, 0.25) is 0 Å². The van der Waals surface area contributed by atoms with E-state index in [-0.39, 0.29) is 23.9 Å². The zero-order valence-corrected chi connectivity index (χ0v) is 89.2. The van der Waals surface area contributed by atoms with E-state index in [1.165, 1.54) is 128 Å². The molecule has 121 heavy (non-hydrogen) atoms. The summed E-state index contributed by atoms with van der Waals surface area (Å²) < 4.78 is 33.8. The molecule has 0 saturated heterocycles. The molecule has 0 aliphatic carbocycles. The molecule has 0 rings (SSSR count). The average molecular weight is 1810 g/mol. The molecule has 0 radical (unpaired) electrons. The van der Waals surface area contributed by atoms with Crippen LogP contribution < -0.4 is 0 Å². The first-order valence-electron chi connectivity index (χ1n) is 55.7. The smallest absolute Gasteiger partial charge is 0.0654 e. The third-order valence-electron chi connectivity index (χ3n) is 31.3. The van der Waals surface area contributed by atoms with Gasteiger partial charge in [-0.3, -0.25) is 0 Å². The van der Waals surface area contributed by atoms with Crippen molar-refractivity contribution in [2.24, 2.45) is 43.3 Å². The van der Waals surface area contributed by atoms with Crippen LogP contribution in [0, 0.1) is 43.3 Å². The molecule has 9 heteroatoms. The number of rotatable bonds is 92. The van der Waals surface area contributed by atoms with Crippen LogP contribution in [0.2, 0.25) is 0 Å². The van der Waals surface area contributed by atoms with Gasteiger partial charge in [0.25, 0.3) is 0 Å². The molecule has 0 aliphatic rings. The molecule has 0 fully saturated rings. The number of unbranched alkanes of at least 4 members (excludes halogenated alkanes) is 40. The second kappa shape index (κ2) is 74.3. The van der Waals surface area contributed by atoms with E-state index in [1.54, 1.807) is 0 Å². The normalized spacial score (nSPS) is 12.9. The van der Waals surface area contributed by atoms with Crippen molar-refractivity contribution in [2.75, 3.05) is 0 Å². The van der Waals surface area contributed by atoms with Gasteiger partial charge < -0.3 is 0 Å². The Balaban J connectivity index is 12.0. The topological polar surface area (TPSA) is 105 Å². The molecule has 0 aromatic rings. The van der Waals surface area contributed by atoms with Crippen molar-refractivity contribution in [3.63, 3.8) is 0 Å². The van der Waals surface area contributed by atoms with Gasteiger partial charge in [-0.1, -0.05) is 27.7 Å². The molecule has 8 nitrogen and oxygen atoms in total. The van der Waals surface area contributed by atoms with Crippen molar-refractivity contribution in [3.8, 4) is 0 Å². The first kappa shape index (κ1) is 120. The summed E-state index contributed by atoms with van der Waals surface area (Å²) in [5, 5.41) is 0. The van der Waals surface area contributed by atoms with Crippen LogP contribution in [0.15, 0.2) is 0 Å². The summed E-state index contributed by atoms with van der Waals surface area (Å²) in [6, 6.07) is 0. The fraction of sp³-hybridized carbons (Fsp3) is 0.964. The first-order valence-corrected chi connectivity index (χ1v) is 60.3. The molecule has 0 bridgehead atoms. The molecule has 0 heterocycles. The van der Waals surface area contributed by atoms with Gasteiger partial charge in [0.1, 0.15) is 0 Å². The first-order chi connectivity index (χ1) is 58.7. The average Bonchev–Trinajstić information content (AvgIpc) is 0.722. The quantitative estimate of drug-likeness (QED) is 0.0438. The Morgan fingerprint density at radius 2 is 0.240 bits per heavy atom. The molecule has 0 spiro atoms. The van der Waals surface area contributed by atoms with E-state index in [0.29, 0.717) is 51.4 Å². The second-order valence-corrected chi connectivity index (χ2v) is 45.8. The van der Waals surface area contributed by atoms with Crippen LogP contribution in [0.3, 0.4) is 0 Å². The zero-order chi connectivity index (χ0) is 90.2. The fourth-order valence-electron chi connectivity index (χ4n) is 23.3. The van der Waals surface area contributed by atoms with Crippen LogP contribution in [-0.4, -0.2) is 43.9 Å². The predicted molar refractivity (Wildman–Crippen MR) is 532 cm³/mol. The summed E-state index contributed by atoms with van der Waals surface area (Å²) in [5.41, 5.74) is -6.25. The maximum atomic E-state index is 18.9. The van der Waals surface area contributed by atoms with Gasteiger partial charge in [-0.25, -0.2) is 0 Å². The van der Waals surface area contributed by atoms with E-state index in [4.69, 9.17) is 12.3 Å². The van der Waals surface area contributed by atoms with Gasteiger partial charge in [0.15, 0.2) is 0 Å². The van der Waals surface area contributed by atoms with Crippen molar-refractivity contribution in [2.45, 2.75) is 652 Å². The molecule has 0 atom stereocenters. The minimum absolute atomic E-state index is 0.370. The van der Waals surface area contributed by atoms with Crippen LogP contribution in [-0.2, 0) is 31.5 Å².